The van der Waals surface area contributed by atoms with Crippen molar-refractivity contribution < 1.29 is 4.74 Å². The molecule has 0 atom stereocenters. The Balaban J connectivity index is 1.78. The molecule has 0 aliphatic carbocycles. The zero-order valence-electron chi connectivity index (χ0n) is 12.7. The second-order valence-corrected chi connectivity index (χ2v) is 5.85. The molecule has 4 rings (SSSR count). The van der Waals surface area contributed by atoms with Crippen LogP contribution in [0.2, 0.25) is 0 Å². The van der Waals surface area contributed by atoms with Gasteiger partial charge < -0.3 is 10.1 Å². The molecule has 1 N–H and O–H groups in total. The maximum absolute atomic E-state index is 6.15. The second kappa shape index (κ2) is 5.38. The molecule has 0 unspecified atom stereocenters. The van der Waals surface area contributed by atoms with Gasteiger partial charge in [-0.3, -0.25) is 0 Å². The summed E-state index contributed by atoms with van der Waals surface area (Å²) in [7, 11) is 0. The summed E-state index contributed by atoms with van der Waals surface area (Å²) in [5.74, 6) is 0.968. The van der Waals surface area contributed by atoms with Crippen LogP contribution in [0.3, 0.4) is 0 Å². The highest BCUT2D eigenvalue weighted by Crippen LogP contribution is 2.39. The number of benzene rings is 3. The first-order valence-corrected chi connectivity index (χ1v) is 7.79. The molecular weight excluding hydrogens is 270 g/mol. The molecule has 1 heterocycles. The topological polar surface area (TPSA) is 21.3 Å². The van der Waals surface area contributed by atoms with Crippen molar-refractivity contribution in [3.8, 4) is 5.75 Å². The van der Waals surface area contributed by atoms with Gasteiger partial charge in [0.25, 0.3) is 0 Å². The molecule has 110 valence electrons. The van der Waals surface area contributed by atoms with E-state index in [0.717, 1.165) is 18.7 Å². The van der Waals surface area contributed by atoms with Crippen LogP contribution >= 0.6 is 0 Å². The smallest absolute Gasteiger partial charge is 0.129 e. The summed E-state index contributed by atoms with van der Waals surface area (Å²) in [4.78, 5) is 0. The molecule has 2 heteroatoms. The molecule has 1 aliphatic heterocycles. The summed E-state index contributed by atoms with van der Waals surface area (Å²) in [5, 5.41) is 6.05. The van der Waals surface area contributed by atoms with Crippen LogP contribution in [0.25, 0.3) is 10.8 Å². The maximum atomic E-state index is 6.15. The third-order valence-corrected chi connectivity index (χ3v) is 4.37. The van der Waals surface area contributed by atoms with Gasteiger partial charge in [0.1, 0.15) is 12.4 Å². The van der Waals surface area contributed by atoms with Crippen molar-refractivity contribution in [2.45, 2.75) is 20.0 Å². The monoisotopic (exact) mass is 289 g/mol. The Morgan fingerprint density at radius 2 is 1.91 bits per heavy atom. The van der Waals surface area contributed by atoms with Crippen molar-refractivity contribution >= 4 is 16.5 Å². The first kappa shape index (κ1) is 13.2. The number of rotatable bonds is 3. The highest BCUT2D eigenvalue weighted by Gasteiger charge is 2.18. The van der Waals surface area contributed by atoms with Gasteiger partial charge in [0.05, 0.1) is 0 Å². The van der Waals surface area contributed by atoms with Crippen molar-refractivity contribution in [1.82, 2.24) is 0 Å². The van der Waals surface area contributed by atoms with E-state index in [1.165, 1.54) is 33.2 Å². The molecule has 0 spiro atoms. The molecule has 0 radical (unpaired) electrons. The van der Waals surface area contributed by atoms with Gasteiger partial charge in [-0.05, 0) is 35.4 Å². The fraction of sp³-hybridized carbons (Fsp3) is 0.200. The fourth-order valence-corrected chi connectivity index (χ4v) is 3.30. The van der Waals surface area contributed by atoms with E-state index in [1.54, 1.807) is 0 Å². The molecular formula is C20H19NO. The number of fused-ring (bicyclic) bond motifs is 3. The van der Waals surface area contributed by atoms with Crippen molar-refractivity contribution in [1.29, 1.82) is 0 Å². The minimum absolute atomic E-state index is 0.600. The van der Waals surface area contributed by atoms with Gasteiger partial charge >= 0.3 is 0 Å². The number of anilines is 1. The van der Waals surface area contributed by atoms with Gasteiger partial charge in [0.2, 0.25) is 0 Å². The average molecular weight is 289 g/mol. The normalized spacial score (nSPS) is 13.0. The van der Waals surface area contributed by atoms with Crippen molar-refractivity contribution in [2.75, 3.05) is 11.9 Å². The van der Waals surface area contributed by atoms with Gasteiger partial charge in [-0.25, -0.2) is 0 Å². The Morgan fingerprint density at radius 3 is 2.77 bits per heavy atom. The quantitative estimate of drug-likeness (QED) is 0.755. The lowest BCUT2D eigenvalue weighted by Gasteiger charge is -2.14. The molecule has 0 aromatic heterocycles. The van der Waals surface area contributed by atoms with E-state index in [0.29, 0.717) is 6.61 Å². The van der Waals surface area contributed by atoms with Gasteiger partial charge in [-0.2, -0.15) is 0 Å². The lowest BCUT2D eigenvalue weighted by Crippen LogP contribution is -1.98. The summed E-state index contributed by atoms with van der Waals surface area (Å²) >= 11 is 0. The lowest BCUT2D eigenvalue weighted by molar-refractivity contribution is 0.310. The molecule has 0 amide bonds. The average Bonchev–Trinajstić information content (AvgIpc) is 3.02. The number of ether oxygens (including phenoxy) is 1. The zero-order valence-corrected chi connectivity index (χ0v) is 12.7. The van der Waals surface area contributed by atoms with E-state index in [1.807, 2.05) is 18.2 Å². The maximum Gasteiger partial charge on any atom is 0.129 e. The van der Waals surface area contributed by atoms with Crippen LogP contribution in [0.1, 0.15) is 16.7 Å². The number of hydrogen-bond acceptors (Lipinski definition) is 2. The number of nitrogens with one attached hydrogen (secondary N) is 1. The van der Waals surface area contributed by atoms with E-state index in [2.05, 4.69) is 48.6 Å². The second-order valence-electron chi connectivity index (χ2n) is 5.85. The Morgan fingerprint density at radius 1 is 1.05 bits per heavy atom. The standard InChI is InChI=1S/C20H19NO/c1-14-6-5-9-17-19(22-13-15-7-3-2-4-8-15)12-18-16(20(14)17)10-11-21-18/h2-9,12,21H,10-11,13H2,1H3. The van der Waals surface area contributed by atoms with Crippen LogP contribution in [-0.2, 0) is 13.0 Å². The molecule has 0 bridgehead atoms. The third kappa shape index (κ3) is 2.21. The summed E-state index contributed by atoms with van der Waals surface area (Å²) in [5.41, 5.74) is 5.17. The van der Waals surface area contributed by atoms with E-state index in [9.17, 15) is 0 Å². The SMILES string of the molecule is Cc1cccc2c(OCc3ccccc3)cc3c(c12)CCN3. The molecule has 3 aromatic carbocycles. The summed E-state index contributed by atoms with van der Waals surface area (Å²) in [6.45, 7) is 3.80. The Labute approximate surface area is 130 Å². The first-order valence-electron chi connectivity index (χ1n) is 7.79. The zero-order chi connectivity index (χ0) is 14.9. The predicted octanol–water partition coefficient (Wildman–Crippen LogP) is 4.70. The van der Waals surface area contributed by atoms with Crippen LogP contribution in [0.5, 0.6) is 5.75 Å². The van der Waals surface area contributed by atoms with Crippen LogP contribution < -0.4 is 10.1 Å². The van der Waals surface area contributed by atoms with Gasteiger partial charge in [-0.15, -0.1) is 0 Å². The van der Waals surface area contributed by atoms with Crippen LogP contribution in [-0.4, -0.2) is 6.54 Å². The van der Waals surface area contributed by atoms with Gasteiger partial charge in [-0.1, -0.05) is 48.5 Å². The van der Waals surface area contributed by atoms with Gasteiger partial charge in [0, 0.05) is 23.7 Å². The number of aryl methyl sites for hydroxylation is 1. The van der Waals surface area contributed by atoms with Gasteiger partial charge in [0.15, 0.2) is 0 Å². The van der Waals surface area contributed by atoms with Crippen molar-refractivity contribution in [2.24, 2.45) is 0 Å². The molecule has 0 fully saturated rings. The first-order chi connectivity index (χ1) is 10.8. The van der Waals surface area contributed by atoms with E-state index in [-0.39, 0.29) is 0 Å². The van der Waals surface area contributed by atoms with Crippen LogP contribution in [0.4, 0.5) is 5.69 Å². The largest absolute Gasteiger partial charge is 0.488 e. The minimum Gasteiger partial charge on any atom is -0.488 e. The minimum atomic E-state index is 0.600. The highest BCUT2D eigenvalue weighted by molar-refractivity contribution is 5.98. The summed E-state index contributed by atoms with van der Waals surface area (Å²) in [6.07, 6.45) is 1.09. The lowest BCUT2D eigenvalue weighted by atomic mass is 9.97. The Hall–Kier alpha value is -2.48. The Bertz CT molecular complexity index is 824. The highest BCUT2D eigenvalue weighted by atomic mass is 16.5. The predicted molar refractivity (Wildman–Crippen MR) is 91.7 cm³/mol. The Kier molecular flexibility index (Phi) is 3.23. The van der Waals surface area contributed by atoms with Crippen molar-refractivity contribution in [3.05, 3.63) is 71.3 Å². The van der Waals surface area contributed by atoms with E-state index >= 15 is 0 Å². The molecule has 3 aromatic rings. The fourth-order valence-electron chi connectivity index (χ4n) is 3.30. The molecule has 1 aliphatic rings. The summed E-state index contributed by atoms with van der Waals surface area (Å²) in [6, 6.07) is 18.9. The van der Waals surface area contributed by atoms with Crippen LogP contribution in [0.15, 0.2) is 54.6 Å². The molecule has 2 nitrogen and oxygen atoms in total. The molecule has 0 saturated heterocycles. The summed E-state index contributed by atoms with van der Waals surface area (Å²) < 4.78 is 6.15. The van der Waals surface area contributed by atoms with E-state index < -0.39 is 0 Å². The van der Waals surface area contributed by atoms with E-state index in [4.69, 9.17) is 4.74 Å². The van der Waals surface area contributed by atoms with Crippen LogP contribution in [0, 0.1) is 6.92 Å². The number of hydrogen-bond donors (Lipinski definition) is 1. The molecule has 22 heavy (non-hydrogen) atoms. The molecule has 0 saturated carbocycles. The third-order valence-electron chi connectivity index (χ3n) is 4.37. The van der Waals surface area contributed by atoms with Crippen molar-refractivity contribution in [3.63, 3.8) is 0 Å².